The number of amides is 2. The standard InChI is InChI=1S/C36H40N8O3/c1-22(45)40-31(17-24-19-38-29-11-7-5-9-27(24)29)33-42-43-34(44(33)21-23-13-15-26(47-4)16-14-23)32(41-35(46)36(2,3)37)18-25-20-39-30-12-8-6-10-28(25)30/h5-16,19-20,31-32,38-39H,17-18,21,37H2,1-4H3,(H,40,45)(H,41,46)/t31-,32-/m1/s1. The third-order valence-electron chi connectivity index (χ3n) is 8.40. The Morgan fingerprint density at radius 1 is 0.830 bits per heavy atom. The van der Waals surface area contributed by atoms with E-state index in [1.54, 1.807) is 21.0 Å². The molecular weight excluding hydrogens is 592 g/mol. The van der Waals surface area contributed by atoms with Gasteiger partial charge in [-0.3, -0.25) is 9.59 Å². The third-order valence-corrected chi connectivity index (χ3v) is 8.40. The average Bonchev–Trinajstić information content (AvgIpc) is 3.77. The zero-order chi connectivity index (χ0) is 33.1. The molecule has 11 heteroatoms. The molecule has 0 saturated carbocycles. The van der Waals surface area contributed by atoms with Crippen LogP contribution in [0.15, 0.2) is 85.2 Å². The summed E-state index contributed by atoms with van der Waals surface area (Å²) < 4.78 is 7.39. The summed E-state index contributed by atoms with van der Waals surface area (Å²) in [5.41, 5.74) is 10.2. The van der Waals surface area contributed by atoms with Crippen molar-refractivity contribution in [2.75, 3.05) is 7.11 Å². The number of ether oxygens (including phenoxy) is 1. The van der Waals surface area contributed by atoms with Crippen LogP contribution < -0.4 is 21.1 Å². The molecule has 0 saturated heterocycles. The number of aromatic amines is 2. The fourth-order valence-electron chi connectivity index (χ4n) is 5.96. The molecule has 6 aromatic rings. The molecular formula is C36H40N8O3. The van der Waals surface area contributed by atoms with E-state index >= 15 is 0 Å². The lowest BCUT2D eigenvalue weighted by molar-refractivity contribution is -0.126. The molecule has 0 radical (unpaired) electrons. The lowest BCUT2D eigenvalue weighted by atomic mass is 10.0. The number of H-pyrrole nitrogens is 2. The van der Waals surface area contributed by atoms with Gasteiger partial charge in [0, 0.05) is 54.0 Å². The van der Waals surface area contributed by atoms with Crippen molar-refractivity contribution in [2.45, 2.75) is 57.8 Å². The van der Waals surface area contributed by atoms with Gasteiger partial charge in [0.2, 0.25) is 11.8 Å². The monoisotopic (exact) mass is 632 g/mol. The highest BCUT2D eigenvalue weighted by molar-refractivity contribution is 5.86. The Balaban J connectivity index is 1.47. The largest absolute Gasteiger partial charge is 0.497 e. The van der Waals surface area contributed by atoms with Crippen LogP contribution in [0.1, 0.15) is 61.2 Å². The van der Waals surface area contributed by atoms with E-state index < -0.39 is 17.6 Å². The summed E-state index contributed by atoms with van der Waals surface area (Å²) in [5.74, 6) is 1.35. The van der Waals surface area contributed by atoms with E-state index in [1.165, 1.54) is 6.92 Å². The van der Waals surface area contributed by atoms with Crippen LogP contribution >= 0.6 is 0 Å². The van der Waals surface area contributed by atoms with Gasteiger partial charge in [-0.1, -0.05) is 48.5 Å². The van der Waals surface area contributed by atoms with Gasteiger partial charge >= 0.3 is 0 Å². The number of benzene rings is 3. The second-order valence-corrected chi connectivity index (χ2v) is 12.5. The summed E-state index contributed by atoms with van der Waals surface area (Å²) in [6, 6.07) is 22.8. The molecule has 3 aromatic heterocycles. The summed E-state index contributed by atoms with van der Waals surface area (Å²) in [7, 11) is 1.63. The number of rotatable bonds is 12. The number of hydrogen-bond acceptors (Lipinski definition) is 6. The molecule has 47 heavy (non-hydrogen) atoms. The van der Waals surface area contributed by atoms with Crippen molar-refractivity contribution >= 4 is 33.6 Å². The Kier molecular flexibility index (Phi) is 8.82. The van der Waals surface area contributed by atoms with Gasteiger partial charge in [0.15, 0.2) is 11.6 Å². The lowest BCUT2D eigenvalue weighted by Crippen LogP contribution is -2.50. The number of carbonyl (C=O) groups excluding carboxylic acids is 2. The second-order valence-electron chi connectivity index (χ2n) is 12.5. The molecule has 6 rings (SSSR count). The number of nitrogens with one attached hydrogen (secondary N) is 4. The SMILES string of the molecule is COc1ccc(Cn2c([C@@H](Cc3c[nH]c4ccccc34)NC(C)=O)nnc2[C@@H](Cc2c[nH]c3ccccc23)NC(=O)C(C)(C)N)cc1. The van der Waals surface area contributed by atoms with Gasteiger partial charge in [0.1, 0.15) is 5.75 Å². The van der Waals surface area contributed by atoms with E-state index in [9.17, 15) is 9.59 Å². The predicted octanol–water partition coefficient (Wildman–Crippen LogP) is 4.85. The number of carbonyl (C=O) groups is 2. The van der Waals surface area contributed by atoms with Crippen molar-refractivity contribution in [2.24, 2.45) is 5.73 Å². The molecule has 0 bridgehead atoms. The first-order chi connectivity index (χ1) is 22.6. The van der Waals surface area contributed by atoms with Gasteiger partial charge in [0.05, 0.1) is 31.3 Å². The minimum Gasteiger partial charge on any atom is -0.497 e. The fourth-order valence-corrected chi connectivity index (χ4v) is 5.96. The number of para-hydroxylation sites is 2. The fraction of sp³-hybridized carbons (Fsp3) is 0.278. The van der Waals surface area contributed by atoms with Crippen LogP contribution in [0.2, 0.25) is 0 Å². The van der Waals surface area contributed by atoms with Crippen molar-refractivity contribution in [3.63, 3.8) is 0 Å². The zero-order valence-corrected chi connectivity index (χ0v) is 27.0. The van der Waals surface area contributed by atoms with Gasteiger partial charge in [-0.15, -0.1) is 10.2 Å². The Labute approximate surface area is 272 Å². The number of hydrogen-bond donors (Lipinski definition) is 5. The van der Waals surface area contributed by atoms with Crippen LogP contribution in [0.4, 0.5) is 0 Å². The van der Waals surface area contributed by atoms with Crippen molar-refractivity contribution in [1.82, 2.24) is 35.4 Å². The molecule has 3 aromatic carbocycles. The molecule has 2 atom stereocenters. The van der Waals surface area contributed by atoms with E-state index in [-0.39, 0.29) is 11.8 Å². The van der Waals surface area contributed by atoms with Crippen LogP contribution in [-0.4, -0.2) is 49.2 Å². The highest BCUT2D eigenvalue weighted by atomic mass is 16.5. The van der Waals surface area contributed by atoms with Crippen molar-refractivity contribution in [3.8, 4) is 5.75 Å². The molecule has 0 unspecified atom stereocenters. The molecule has 6 N–H and O–H groups in total. The molecule has 11 nitrogen and oxygen atoms in total. The van der Waals surface area contributed by atoms with Crippen molar-refractivity contribution in [3.05, 3.63) is 114 Å². The van der Waals surface area contributed by atoms with Gasteiger partial charge in [-0.25, -0.2) is 0 Å². The molecule has 0 spiro atoms. The van der Waals surface area contributed by atoms with Crippen molar-refractivity contribution < 1.29 is 14.3 Å². The van der Waals surface area contributed by atoms with Crippen LogP contribution in [0.3, 0.4) is 0 Å². The summed E-state index contributed by atoms with van der Waals surface area (Å²) in [4.78, 5) is 32.7. The van der Waals surface area contributed by atoms with Crippen LogP contribution in [-0.2, 0) is 29.0 Å². The summed E-state index contributed by atoms with van der Waals surface area (Å²) in [6.45, 7) is 5.23. The number of methoxy groups -OCH3 is 1. The molecule has 0 aliphatic carbocycles. The molecule has 0 aliphatic heterocycles. The summed E-state index contributed by atoms with van der Waals surface area (Å²) >= 11 is 0. The van der Waals surface area contributed by atoms with E-state index in [0.717, 1.165) is 44.2 Å². The number of aromatic nitrogens is 5. The maximum atomic E-state index is 13.4. The third kappa shape index (κ3) is 6.90. The predicted molar refractivity (Wildman–Crippen MR) is 182 cm³/mol. The highest BCUT2D eigenvalue weighted by Gasteiger charge is 2.32. The topological polar surface area (TPSA) is 156 Å². The quantitative estimate of drug-likeness (QED) is 0.130. The van der Waals surface area contributed by atoms with E-state index in [4.69, 9.17) is 20.7 Å². The molecule has 0 fully saturated rings. The van der Waals surface area contributed by atoms with Gasteiger partial charge < -0.3 is 35.6 Å². The van der Waals surface area contributed by atoms with Gasteiger partial charge in [-0.2, -0.15) is 0 Å². The van der Waals surface area contributed by atoms with E-state index in [1.807, 2.05) is 77.6 Å². The van der Waals surface area contributed by atoms with Crippen LogP contribution in [0.25, 0.3) is 21.8 Å². The van der Waals surface area contributed by atoms with Crippen LogP contribution in [0.5, 0.6) is 5.75 Å². The first-order valence-corrected chi connectivity index (χ1v) is 15.6. The molecule has 0 aliphatic rings. The number of fused-ring (bicyclic) bond motifs is 2. The number of nitrogens with two attached hydrogens (primary N) is 1. The van der Waals surface area contributed by atoms with Crippen LogP contribution in [0, 0.1) is 0 Å². The van der Waals surface area contributed by atoms with Gasteiger partial charge in [0.25, 0.3) is 0 Å². The van der Waals surface area contributed by atoms with Crippen molar-refractivity contribution in [1.29, 1.82) is 0 Å². The minimum absolute atomic E-state index is 0.191. The highest BCUT2D eigenvalue weighted by Crippen LogP contribution is 2.29. The molecule has 242 valence electrons. The lowest BCUT2D eigenvalue weighted by Gasteiger charge is -2.25. The summed E-state index contributed by atoms with van der Waals surface area (Å²) in [6.07, 6.45) is 4.83. The Bertz CT molecular complexity index is 2020. The van der Waals surface area contributed by atoms with Gasteiger partial charge in [-0.05, 0) is 54.8 Å². The summed E-state index contributed by atoms with van der Waals surface area (Å²) in [5, 5.41) is 17.9. The minimum atomic E-state index is -1.13. The Morgan fingerprint density at radius 3 is 1.83 bits per heavy atom. The molecule has 3 heterocycles. The first-order valence-electron chi connectivity index (χ1n) is 15.6. The van der Waals surface area contributed by atoms with E-state index in [0.29, 0.717) is 31.0 Å². The first kappa shape index (κ1) is 31.6. The zero-order valence-electron chi connectivity index (χ0n) is 27.0. The number of nitrogens with zero attached hydrogens (tertiary/aromatic N) is 3. The maximum absolute atomic E-state index is 13.4. The average molecular weight is 633 g/mol. The molecule has 2 amide bonds. The smallest absolute Gasteiger partial charge is 0.240 e. The van der Waals surface area contributed by atoms with E-state index in [2.05, 4.69) is 32.7 Å². The normalized spacial score (nSPS) is 13.0. The Morgan fingerprint density at radius 2 is 1.34 bits per heavy atom. The maximum Gasteiger partial charge on any atom is 0.240 e. The Hall–Kier alpha value is -5.42. The second kappa shape index (κ2) is 13.1.